The second-order valence-electron chi connectivity index (χ2n) is 10.1. The Morgan fingerprint density at radius 2 is 1.00 bits per heavy atom. The first kappa shape index (κ1) is 28.8. The Labute approximate surface area is 213 Å². The Morgan fingerprint density at radius 1 is 0.606 bits per heavy atom. The molecule has 0 saturated carbocycles. The van der Waals surface area contributed by atoms with Gasteiger partial charge in [-0.25, -0.2) is 0 Å². The third kappa shape index (κ3) is 9.64. The molecule has 0 aliphatic rings. The quantitative estimate of drug-likeness (QED) is 0.149. The van der Waals surface area contributed by atoms with Crippen LogP contribution in [0.15, 0.2) is 36.4 Å². The Kier molecular flexibility index (Phi) is 11.9. The molecule has 0 aliphatic carbocycles. The number of unbranched alkanes of at least 4 members (excludes halogenated alkanes) is 4. The summed E-state index contributed by atoms with van der Waals surface area (Å²) < 4.78 is 20.3. The molecule has 0 heterocycles. The van der Waals surface area contributed by atoms with Crippen molar-refractivity contribution in [3.05, 3.63) is 58.7 Å². The van der Waals surface area contributed by atoms with Crippen molar-refractivity contribution in [2.45, 2.75) is 98.8 Å². The monoisotopic (exact) mass is 670 g/mol. The van der Waals surface area contributed by atoms with Crippen LogP contribution in [0.2, 0.25) is 19.8 Å². The summed E-state index contributed by atoms with van der Waals surface area (Å²) in [4.78, 5) is 8.92. The van der Waals surface area contributed by atoms with Crippen LogP contribution in [-0.4, -0.2) is 38.4 Å². The van der Waals surface area contributed by atoms with E-state index in [1.165, 1.54) is 60.8 Å². The standard InChI is InChI=1S/2C12H18O.4CH3.O.2Sn/c2*1-3-4-5-8-11-10(2)7-6-9-12(11)13;;;;;;;/h2*6-7,9,13H,3-5,8H2,1-2H3;4*1H3;;;/q;;;;;;;2*+1/p-2. The molecule has 0 unspecified atom stereocenters. The molecule has 0 fully saturated rings. The van der Waals surface area contributed by atoms with Gasteiger partial charge < -0.3 is 0 Å². The van der Waals surface area contributed by atoms with Crippen LogP contribution < -0.4 is 6.15 Å². The molecule has 0 amide bonds. The van der Waals surface area contributed by atoms with E-state index in [0.29, 0.717) is 0 Å². The molecule has 2 aromatic carbocycles. The predicted octanol–water partition coefficient (Wildman–Crippen LogP) is 8.65. The third-order valence-electron chi connectivity index (χ3n) is 6.00. The molecule has 0 spiro atoms. The maximum atomic E-state index is 6.85. The molecule has 0 aromatic heterocycles. The summed E-state index contributed by atoms with van der Waals surface area (Å²) in [7, 11) is 0. The van der Waals surface area contributed by atoms with Crippen LogP contribution in [0.4, 0.5) is 0 Å². The van der Waals surface area contributed by atoms with E-state index in [4.69, 9.17) is 7.56 Å². The van der Waals surface area contributed by atoms with Crippen LogP contribution >= 0.6 is 0 Å². The zero-order chi connectivity index (χ0) is 24.5. The zero-order valence-corrected chi connectivity index (χ0v) is 28.1. The van der Waals surface area contributed by atoms with Crippen molar-refractivity contribution in [1.82, 2.24) is 0 Å². The Hall–Kier alpha value is -0.403. The van der Waals surface area contributed by atoms with Crippen LogP contribution in [-0.2, 0) is 14.3 Å². The van der Waals surface area contributed by atoms with Crippen molar-refractivity contribution in [2.24, 2.45) is 0 Å². The van der Waals surface area contributed by atoms with Crippen LogP contribution in [0.5, 0.6) is 11.5 Å². The topological polar surface area (TPSA) is 27.7 Å². The maximum absolute atomic E-state index is 6.85. The number of benzene rings is 2. The Bertz CT molecular complexity index is 806. The second-order valence-corrected chi connectivity index (χ2v) is 31.8. The molecular formula is C28H46O3Sn2. The summed E-state index contributed by atoms with van der Waals surface area (Å²) in [6.07, 6.45) is 9.53. The number of rotatable bonds is 14. The molecule has 33 heavy (non-hydrogen) atoms. The van der Waals surface area contributed by atoms with Gasteiger partial charge in [-0.15, -0.1) is 0 Å². The van der Waals surface area contributed by atoms with Crippen LogP contribution in [0, 0.1) is 13.8 Å². The average molecular weight is 668 g/mol. The van der Waals surface area contributed by atoms with Crippen LogP contribution in [0.3, 0.4) is 0 Å². The average Bonchev–Trinajstić information content (AvgIpc) is 2.71. The molecule has 0 aliphatic heterocycles. The molecule has 0 bridgehead atoms. The van der Waals surface area contributed by atoms with Gasteiger partial charge in [0.25, 0.3) is 0 Å². The summed E-state index contributed by atoms with van der Waals surface area (Å²) in [5.74, 6) is 2.06. The van der Waals surface area contributed by atoms with Crippen molar-refractivity contribution >= 4 is 38.4 Å². The minimum atomic E-state index is -3.29. The Balaban J connectivity index is 2.15. The molecule has 0 N–H and O–H groups in total. The van der Waals surface area contributed by atoms with Crippen LogP contribution in [0.1, 0.15) is 74.6 Å². The van der Waals surface area contributed by atoms with Gasteiger partial charge in [-0.1, -0.05) is 0 Å². The second kappa shape index (κ2) is 13.6. The molecule has 184 valence electrons. The Morgan fingerprint density at radius 3 is 1.36 bits per heavy atom. The normalized spacial score (nSPS) is 12.1. The van der Waals surface area contributed by atoms with Gasteiger partial charge in [-0.05, 0) is 0 Å². The van der Waals surface area contributed by atoms with Gasteiger partial charge >= 0.3 is 215 Å². The van der Waals surface area contributed by atoms with E-state index in [9.17, 15) is 0 Å². The fraction of sp³-hybridized carbons (Fsp3) is 0.571. The van der Waals surface area contributed by atoms with E-state index in [2.05, 4.69) is 83.9 Å². The van der Waals surface area contributed by atoms with Crippen molar-refractivity contribution in [3.63, 3.8) is 0 Å². The minimum absolute atomic E-state index is 1.03. The first-order valence-corrected chi connectivity index (χ1v) is 28.9. The molecule has 2 aromatic rings. The fourth-order valence-corrected chi connectivity index (χ4v) is 36.4. The fourth-order valence-electron chi connectivity index (χ4n) is 4.45. The molecule has 0 saturated heterocycles. The molecule has 3 nitrogen and oxygen atoms in total. The molecule has 5 heteroatoms. The summed E-state index contributed by atoms with van der Waals surface area (Å²) in [6.45, 7) is 8.89. The summed E-state index contributed by atoms with van der Waals surface area (Å²) >= 11 is -6.58. The van der Waals surface area contributed by atoms with E-state index < -0.39 is 38.4 Å². The van der Waals surface area contributed by atoms with E-state index in [1.54, 1.807) is 0 Å². The molecular weight excluding hydrogens is 622 g/mol. The number of hydrogen-bond acceptors (Lipinski definition) is 3. The third-order valence-corrected chi connectivity index (χ3v) is 31.7. The predicted molar refractivity (Wildman–Crippen MR) is 146 cm³/mol. The summed E-state index contributed by atoms with van der Waals surface area (Å²) in [6, 6.07) is 12.9. The van der Waals surface area contributed by atoms with E-state index in [0.717, 1.165) is 24.3 Å². The molecule has 0 radical (unpaired) electrons. The van der Waals surface area contributed by atoms with Gasteiger partial charge in [0.1, 0.15) is 0 Å². The first-order chi connectivity index (χ1) is 15.6. The van der Waals surface area contributed by atoms with E-state index in [-0.39, 0.29) is 0 Å². The zero-order valence-electron chi connectivity index (χ0n) is 22.3. The number of aryl methyl sites for hydroxylation is 2. The van der Waals surface area contributed by atoms with Crippen LogP contribution in [0.25, 0.3) is 0 Å². The first-order valence-electron chi connectivity index (χ1n) is 12.8. The summed E-state index contributed by atoms with van der Waals surface area (Å²) in [5.41, 5.74) is 5.35. The molecule has 2 rings (SSSR count). The molecule has 0 atom stereocenters. The van der Waals surface area contributed by atoms with Gasteiger partial charge in [0.05, 0.1) is 0 Å². The van der Waals surface area contributed by atoms with Gasteiger partial charge in [0, 0.05) is 0 Å². The summed E-state index contributed by atoms with van der Waals surface area (Å²) in [5, 5.41) is 0. The van der Waals surface area contributed by atoms with Gasteiger partial charge in [0.2, 0.25) is 0 Å². The van der Waals surface area contributed by atoms with Crippen molar-refractivity contribution < 1.29 is 7.56 Å². The van der Waals surface area contributed by atoms with Gasteiger partial charge in [-0.2, -0.15) is 0 Å². The van der Waals surface area contributed by atoms with Gasteiger partial charge in [-0.3, -0.25) is 0 Å². The van der Waals surface area contributed by atoms with E-state index in [1.807, 2.05) is 0 Å². The number of hydrogen-bond donors (Lipinski definition) is 0. The van der Waals surface area contributed by atoms with Crippen molar-refractivity contribution in [1.29, 1.82) is 0 Å². The van der Waals surface area contributed by atoms with Crippen molar-refractivity contribution in [3.8, 4) is 11.5 Å². The van der Waals surface area contributed by atoms with Crippen molar-refractivity contribution in [2.75, 3.05) is 0 Å². The SMILES string of the molecule is CCCCCc1c(C)cccc1[O][Sn]([CH3])([CH3])[O][Sn]([CH3])([CH3])[O]c1cccc(C)c1CCCCC. The van der Waals surface area contributed by atoms with Gasteiger partial charge in [0.15, 0.2) is 0 Å². The van der Waals surface area contributed by atoms with E-state index >= 15 is 0 Å².